The Morgan fingerprint density at radius 3 is 2.84 bits per heavy atom. The summed E-state index contributed by atoms with van der Waals surface area (Å²) in [5.74, 6) is 0.171. The van der Waals surface area contributed by atoms with Crippen LogP contribution >= 0.6 is 23.7 Å². The van der Waals surface area contributed by atoms with Crippen molar-refractivity contribution in [1.29, 1.82) is 0 Å². The van der Waals surface area contributed by atoms with Crippen LogP contribution in [0.25, 0.3) is 0 Å². The molecule has 0 aromatic carbocycles. The Kier molecular flexibility index (Phi) is 7.40. The van der Waals surface area contributed by atoms with E-state index in [-0.39, 0.29) is 48.9 Å². The highest BCUT2D eigenvalue weighted by Gasteiger charge is 2.31. The Labute approximate surface area is 158 Å². The highest BCUT2D eigenvalue weighted by atomic mass is 35.5. The molecule has 2 amide bonds. The molecule has 1 aromatic heterocycles. The molecule has 1 unspecified atom stereocenters. The van der Waals surface area contributed by atoms with Crippen molar-refractivity contribution in [3.63, 3.8) is 0 Å². The van der Waals surface area contributed by atoms with E-state index in [0.29, 0.717) is 24.5 Å². The van der Waals surface area contributed by atoms with Gasteiger partial charge in [-0.15, -0.1) is 23.7 Å². The molecule has 138 valence electrons. The van der Waals surface area contributed by atoms with Crippen molar-refractivity contribution in [3.05, 3.63) is 22.4 Å². The van der Waals surface area contributed by atoms with Crippen molar-refractivity contribution in [3.8, 4) is 0 Å². The second-order valence-corrected chi connectivity index (χ2v) is 7.25. The van der Waals surface area contributed by atoms with E-state index in [0.717, 1.165) is 25.9 Å². The van der Waals surface area contributed by atoms with Gasteiger partial charge in [0.25, 0.3) is 0 Å². The van der Waals surface area contributed by atoms with E-state index >= 15 is 0 Å². The fourth-order valence-corrected chi connectivity index (χ4v) is 4.08. The van der Waals surface area contributed by atoms with Gasteiger partial charge in [-0.1, -0.05) is 6.07 Å². The molecule has 2 saturated heterocycles. The molecule has 2 aliphatic rings. The summed E-state index contributed by atoms with van der Waals surface area (Å²) in [7, 11) is 0. The minimum atomic E-state index is 0. The van der Waals surface area contributed by atoms with Gasteiger partial charge in [-0.3, -0.25) is 14.4 Å². The van der Waals surface area contributed by atoms with Crippen molar-refractivity contribution in [2.75, 3.05) is 32.7 Å². The predicted molar refractivity (Wildman–Crippen MR) is 99.3 cm³/mol. The molecule has 25 heavy (non-hydrogen) atoms. The molecule has 0 saturated carbocycles. The molecule has 0 bridgehead atoms. The second kappa shape index (κ2) is 9.31. The zero-order valence-corrected chi connectivity index (χ0v) is 15.7. The molecule has 1 atom stereocenters. The summed E-state index contributed by atoms with van der Waals surface area (Å²) in [4.78, 5) is 41.0. The largest absolute Gasteiger partial charge is 0.341 e. The summed E-state index contributed by atoms with van der Waals surface area (Å²) in [6.07, 6.45) is 2.36. The number of hydrogen-bond donors (Lipinski definition) is 1. The minimum absolute atomic E-state index is 0. The molecule has 6 nitrogen and oxygen atoms in total. The van der Waals surface area contributed by atoms with E-state index in [9.17, 15) is 14.4 Å². The number of hydrogen-bond acceptors (Lipinski definition) is 5. The predicted octanol–water partition coefficient (Wildman–Crippen LogP) is 1.56. The standard InChI is InChI=1S/C17H23N3O3S.ClH/c21-14(15-4-2-10-24-15)5-6-16(22)19-8-1-3-13(12-19)20-9-7-18-11-17(20)23;/h2,4,10,13,18H,1,3,5-9,11-12H2;1H. The highest BCUT2D eigenvalue weighted by Crippen LogP contribution is 2.19. The van der Waals surface area contributed by atoms with Crippen LogP contribution in [0.2, 0.25) is 0 Å². The number of rotatable bonds is 5. The monoisotopic (exact) mass is 385 g/mol. The Bertz CT molecular complexity index is 608. The number of piperazine rings is 1. The van der Waals surface area contributed by atoms with Crippen LogP contribution in [0.5, 0.6) is 0 Å². The summed E-state index contributed by atoms with van der Waals surface area (Å²) in [5, 5.41) is 4.95. The zero-order valence-electron chi connectivity index (χ0n) is 14.1. The molecule has 0 spiro atoms. The molecule has 3 heterocycles. The first-order valence-electron chi connectivity index (χ1n) is 8.50. The fourth-order valence-electron chi connectivity index (χ4n) is 3.38. The molecule has 0 radical (unpaired) electrons. The lowest BCUT2D eigenvalue weighted by Crippen LogP contribution is -2.57. The maximum absolute atomic E-state index is 12.4. The lowest BCUT2D eigenvalue weighted by atomic mass is 10.0. The number of carbonyl (C=O) groups is 3. The number of Topliss-reactive ketones (excluding diaryl/α,β-unsaturated/α-hetero) is 1. The van der Waals surface area contributed by atoms with Crippen LogP contribution in [0, 0.1) is 0 Å². The van der Waals surface area contributed by atoms with Gasteiger partial charge in [0.05, 0.1) is 11.4 Å². The maximum atomic E-state index is 12.4. The molecule has 0 aliphatic carbocycles. The molecule has 1 aromatic rings. The van der Waals surface area contributed by atoms with Gasteiger partial charge >= 0.3 is 0 Å². The number of halogens is 1. The third kappa shape index (κ3) is 5.03. The normalized spacial score (nSPS) is 21.0. The van der Waals surface area contributed by atoms with Crippen LogP contribution in [0.1, 0.15) is 35.4 Å². The van der Waals surface area contributed by atoms with Gasteiger partial charge in [0.2, 0.25) is 11.8 Å². The molecule has 3 rings (SSSR count). The maximum Gasteiger partial charge on any atom is 0.236 e. The van der Waals surface area contributed by atoms with E-state index in [1.54, 1.807) is 6.07 Å². The number of piperidine rings is 1. The van der Waals surface area contributed by atoms with E-state index in [1.165, 1.54) is 11.3 Å². The van der Waals surface area contributed by atoms with Gasteiger partial charge in [0.1, 0.15) is 0 Å². The average molecular weight is 386 g/mol. The molecule has 1 N–H and O–H groups in total. The van der Waals surface area contributed by atoms with Crippen molar-refractivity contribution < 1.29 is 14.4 Å². The van der Waals surface area contributed by atoms with Gasteiger partial charge in [-0.05, 0) is 24.3 Å². The quantitative estimate of drug-likeness (QED) is 0.781. The smallest absolute Gasteiger partial charge is 0.236 e. The number of likely N-dealkylation sites (tertiary alicyclic amines) is 1. The third-order valence-electron chi connectivity index (χ3n) is 4.68. The van der Waals surface area contributed by atoms with Crippen molar-refractivity contribution >= 4 is 41.3 Å². The van der Waals surface area contributed by atoms with Crippen molar-refractivity contribution in [2.24, 2.45) is 0 Å². The molecule has 2 aliphatic heterocycles. The van der Waals surface area contributed by atoms with Gasteiger partial charge in [-0.2, -0.15) is 0 Å². The fraction of sp³-hybridized carbons (Fsp3) is 0.588. The Hall–Kier alpha value is -1.44. The Balaban J connectivity index is 0.00000225. The van der Waals surface area contributed by atoms with Crippen LogP contribution in [-0.4, -0.2) is 66.2 Å². The SMILES string of the molecule is Cl.O=C(CCC(=O)N1CCCC(N2CCNCC2=O)C1)c1cccs1. The number of ketones is 1. The first-order chi connectivity index (χ1) is 11.6. The number of nitrogens with zero attached hydrogens (tertiary/aromatic N) is 2. The highest BCUT2D eigenvalue weighted by molar-refractivity contribution is 7.12. The summed E-state index contributed by atoms with van der Waals surface area (Å²) < 4.78 is 0. The summed E-state index contributed by atoms with van der Waals surface area (Å²) >= 11 is 1.41. The van der Waals surface area contributed by atoms with E-state index < -0.39 is 0 Å². The number of amides is 2. The first kappa shape index (κ1) is 19.9. The van der Waals surface area contributed by atoms with Gasteiger partial charge < -0.3 is 15.1 Å². The number of thiophene rings is 1. The van der Waals surface area contributed by atoms with Gasteiger partial charge in [0.15, 0.2) is 5.78 Å². The van der Waals surface area contributed by atoms with Crippen LogP contribution in [0.15, 0.2) is 17.5 Å². The Morgan fingerprint density at radius 1 is 1.28 bits per heavy atom. The zero-order chi connectivity index (χ0) is 16.9. The number of nitrogens with one attached hydrogen (secondary N) is 1. The van der Waals surface area contributed by atoms with Gasteiger partial charge in [-0.25, -0.2) is 0 Å². The summed E-state index contributed by atoms with van der Waals surface area (Å²) in [6, 6.07) is 3.76. The van der Waals surface area contributed by atoms with Crippen molar-refractivity contribution in [1.82, 2.24) is 15.1 Å². The molecule has 2 fully saturated rings. The lowest BCUT2D eigenvalue weighted by molar-refractivity contribution is -0.140. The van der Waals surface area contributed by atoms with Crippen molar-refractivity contribution in [2.45, 2.75) is 31.7 Å². The Morgan fingerprint density at radius 2 is 2.12 bits per heavy atom. The molecular weight excluding hydrogens is 362 g/mol. The second-order valence-electron chi connectivity index (χ2n) is 6.30. The van der Waals surface area contributed by atoms with Crippen LogP contribution in [0.4, 0.5) is 0 Å². The van der Waals surface area contributed by atoms with E-state index in [2.05, 4.69) is 5.32 Å². The van der Waals surface area contributed by atoms with Crippen LogP contribution < -0.4 is 5.32 Å². The number of carbonyl (C=O) groups excluding carboxylic acids is 3. The summed E-state index contributed by atoms with van der Waals surface area (Å²) in [6.45, 7) is 3.23. The molecular formula is C17H24ClN3O3S. The third-order valence-corrected chi connectivity index (χ3v) is 5.59. The molecule has 8 heteroatoms. The summed E-state index contributed by atoms with van der Waals surface area (Å²) in [5.41, 5.74) is 0. The van der Waals surface area contributed by atoms with Crippen LogP contribution in [0.3, 0.4) is 0 Å². The van der Waals surface area contributed by atoms with E-state index in [1.807, 2.05) is 21.2 Å². The van der Waals surface area contributed by atoms with E-state index in [4.69, 9.17) is 0 Å². The minimum Gasteiger partial charge on any atom is -0.341 e. The first-order valence-corrected chi connectivity index (χ1v) is 9.38. The lowest BCUT2D eigenvalue weighted by Gasteiger charge is -2.41. The van der Waals surface area contributed by atoms with Crippen LogP contribution in [-0.2, 0) is 9.59 Å². The van der Waals surface area contributed by atoms with Gasteiger partial charge in [0, 0.05) is 45.1 Å². The average Bonchev–Trinajstić information content (AvgIpc) is 3.14. The topological polar surface area (TPSA) is 69.7 Å².